The van der Waals surface area contributed by atoms with Gasteiger partial charge in [0.05, 0.1) is 10.9 Å². The lowest BCUT2D eigenvalue weighted by Gasteiger charge is -2.60. The van der Waals surface area contributed by atoms with Gasteiger partial charge in [-0.1, -0.05) is 36.4 Å². The summed E-state index contributed by atoms with van der Waals surface area (Å²) in [5, 5.41) is 0. The highest BCUT2D eigenvalue weighted by Gasteiger charge is 2.61. The summed E-state index contributed by atoms with van der Waals surface area (Å²) < 4.78 is 12.7. The molecule has 34 heavy (non-hydrogen) atoms. The second kappa shape index (κ2) is 8.49. The maximum Gasteiger partial charge on any atom is 0.303 e. The van der Waals surface area contributed by atoms with Crippen LogP contribution in [-0.4, -0.2) is 17.2 Å². The van der Waals surface area contributed by atoms with Crippen LogP contribution in [-0.2, 0) is 20.4 Å². The number of esters is 1. The van der Waals surface area contributed by atoms with Crippen molar-refractivity contribution >= 4 is 16.9 Å². The largest absolute Gasteiger partial charge is 0.487 e. The number of ether oxygens (including phenoxy) is 2. The molecule has 0 N–H and O–H groups in total. The van der Waals surface area contributed by atoms with Crippen LogP contribution in [0.15, 0.2) is 99.6 Å². The van der Waals surface area contributed by atoms with E-state index in [4.69, 9.17) is 9.47 Å². The highest BCUT2D eigenvalue weighted by molar-refractivity contribution is 7.97. The molecule has 4 heteroatoms. The quantitative estimate of drug-likeness (QED) is 0.292. The van der Waals surface area contributed by atoms with Gasteiger partial charge in [0, 0.05) is 13.3 Å². The topological polar surface area (TPSA) is 35.5 Å². The maximum absolute atomic E-state index is 11.9. The smallest absolute Gasteiger partial charge is 0.303 e. The molecule has 4 saturated carbocycles. The van der Waals surface area contributed by atoms with E-state index < -0.39 is 0 Å². The molecule has 0 heterocycles. The molecule has 3 aromatic rings. The van der Waals surface area contributed by atoms with Crippen molar-refractivity contribution in [1.29, 1.82) is 0 Å². The van der Waals surface area contributed by atoms with Crippen molar-refractivity contribution in [2.24, 2.45) is 11.8 Å². The third-order valence-corrected chi connectivity index (χ3v) is 9.90. The van der Waals surface area contributed by atoms with E-state index in [2.05, 4.69) is 84.9 Å². The molecule has 0 saturated heterocycles. The van der Waals surface area contributed by atoms with E-state index in [0.29, 0.717) is 11.8 Å². The summed E-state index contributed by atoms with van der Waals surface area (Å²) in [4.78, 5) is 15.8. The molecule has 4 aliphatic rings. The Bertz CT molecular complexity index is 1110. The molecule has 2 atom stereocenters. The molecule has 0 spiro atoms. The van der Waals surface area contributed by atoms with Crippen LogP contribution in [0.5, 0.6) is 5.75 Å². The Balaban J connectivity index is 1.27. The van der Waals surface area contributed by atoms with Gasteiger partial charge in [-0.15, -0.1) is 0 Å². The molecular formula is C30H31O3S+. The molecule has 7 rings (SSSR count). The van der Waals surface area contributed by atoms with Crippen LogP contribution in [0, 0.1) is 11.8 Å². The van der Waals surface area contributed by atoms with Gasteiger partial charge in [0.1, 0.15) is 17.0 Å². The van der Waals surface area contributed by atoms with Crippen molar-refractivity contribution in [3.63, 3.8) is 0 Å². The van der Waals surface area contributed by atoms with E-state index >= 15 is 0 Å². The molecule has 4 aliphatic carbocycles. The van der Waals surface area contributed by atoms with Crippen LogP contribution < -0.4 is 4.74 Å². The van der Waals surface area contributed by atoms with Gasteiger partial charge in [0.25, 0.3) is 0 Å². The minimum absolute atomic E-state index is 0.157. The summed E-state index contributed by atoms with van der Waals surface area (Å²) in [5.41, 5.74) is -0.523. The number of benzene rings is 3. The van der Waals surface area contributed by atoms with E-state index in [0.717, 1.165) is 37.9 Å². The first-order valence-corrected chi connectivity index (χ1v) is 13.6. The van der Waals surface area contributed by atoms with Crippen molar-refractivity contribution in [3.8, 4) is 5.75 Å². The Morgan fingerprint density at radius 3 is 1.76 bits per heavy atom. The molecule has 2 unspecified atom stereocenters. The van der Waals surface area contributed by atoms with Crippen LogP contribution in [0.4, 0.5) is 0 Å². The summed E-state index contributed by atoms with van der Waals surface area (Å²) >= 11 is 0. The first-order valence-electron chi connectivity index (χ1n) is 12.3. The first kappa shape index (κ1) is 21.8. The normalized spacial score (nSPS) is 29.2. The van der Waals surface area contributed by atoms with Crippen LogP contribution in [0.25, 0.3) is 0 Å². The Labute approximate surface area is 204 Å². The second-order valence-corrected chi connectivity index (χ2v) is 12.5. The summed E-state index contributed by atoms with van der Waals surface area (Å²) in [7, 11) is -0.162. The lowest BCUT2D eigenvalue weighted by atomic mass is 9.52. The summed E-state index contributed by atoms with van der Waals surface area (Å²) in [6.45, 7) is 1.54. The molecule has 0 radical (unpaired) electrons. The first-order chi connectivity index (χ1) is 16.5. The van der Waals surface area contributed by atoms with Crippen molar-refractivity contribution in [3.05, 3.63) is 84.9 Å². The third kappa shape index (κ3) is 4.13. The van der Waals surface area contributed by atoms with Gasteiger partial charge >= 0.3 is 5.97 Å². The van der Waals surface area contributed by atoms with Crippen molar-refractivity contribution in [1.82, 2.24) is 0 Å². The van der Waals surface area contributed by atoms with Gasteiger partial charge in [-0.05, 0) is 92.5 Å². The van der Waals surface area contributed by atoms with Gasteiger partial charge in [-0.2, -0.15) is 0 Å². The Kier molecular flexibility index (Phi) is 5.44. The fraction of sp³-hybridized carbons (Fsp3) is 0.367. The van der Waals surface area contributed by atoms with Gasteiger partial charge in [0.15, 0.2) is 14.7 Å². The number of hydrogen-bond acceptors (Lipinski definition) is 3. The Morgan fingerprint density at radius 1 is 0.735 bits per heavy atom. The SMILES string of the molecule is CC(=O)OC12CC3CC(C1)CC(Oc1ccc([S+](c4ccccc4)c4ccccc4)cc1)(C3)C2. The van der Waals surface area contributed by atoms with Crippen LogP contribution in [0.2, 0.25) is 0 Å². The maximum atomic E-state index is 11.9. The Morgan fingerprint density at radius 2 is 1.24 bits per heavy atom. The molecule has 3 nitrogen and oxygen atoms in total. The fourth-order valence-electron chi connectivity index (χ4n) is 7.05. The third-order valence-electron chi connectivity index (χ3n) is 7.67. The summed E-state index contributed by atoms with van der Waals surface area (Å²) in [5.74, 6) is 1.97. The van der Waals surface area contributed by atoms with Gasteiger partial charge in [0.2, 0.25) is 0 Å². The lowest BCUT2D eigenvalue weighted by molar-refractivity contribution is -0.211. The number of hydrogen-bond donors (Lipinski definition) is 0. The molecule has 174 valence electrons. The lowest BCUT2D eigenvalue weighted by Crippen LogP contribution is -2.62. The molecule has 4 fully saturated rings. The minimum Gasteiger partial charge on any atom is -0.487 e. The zero-order valence-electron chi connectivity index (χ0n) is 19.6. The van der Waals surface area contributed by atoms with Gasteiger partial charge in [-0.25, -0.2) is 0 Å². The van der Waals surface area contributed by atoms with E-state index in [1.54, 1.807) is 6.92 Å². The fourth-order valence-corrected chi connectivity index (χ4v) is 9.14. The van der Waals surface area contributed by atoms with E-state index in [9.17, 15) is 4.79 Å². The highest BCUT2D eigenvalue weighted by atomic mass is 32.2. The number of carbonyl (C=O) groups excluding carboxylic acids is 1. The minimum atomic E-state index is -0.317. The highest BCUT2D eigenvalue weighted by Crippen LogP contribution is 2.60. The predicted molar refractivity (Wildman–Crippen MR) is 134 cm³/mol. The molecule has 0 amide bonds. The zero-order chi connectivity index (χ0) is 23.2. The van der Waals surface area contributed by atoms with Crippen molar-refractivity contribution in [2.45, 2.75) is 71.3 Å². The van der Waals surface area contributed by atoms with Crippen molar-refractivity contribution in [2.75, 3.05) is 0 Å². The summed E-state index contributed by atoms with van der Waals surface area (Å²) in [6, 6.07) is 30.2. The van der Waals surface area contributed by atoms with Crippen molar-refractivity contribution < 1.29 is 14.3 Å². The van der Waals surface area contributed by atoms with E-state index in [1.807, 2.05) is 0 Å². The Hall–Kier alpha value is -2.72. The van der Waals surface area contributed by atoms with E-state index in [-0.39, 0.29) is 28.1 Å². The number of rotatable bonds is 6. The summed E-state index contributed by atoms with van der Waals surface area (Å²) in [6.07, 6.45) is 6.24. The number of carbonyl (C=O) groups is 1. The monoisotopic (exact) mass is 471 g/mol. The average Bonchev–Trinajstić information content (AvgIpc) is 2.80. The van der Waals surface area contributed by atoms with Crippen LogP contribution >= 0.6 is 0 Å². The van der Waals surface area contributed by atoms with Crippen LogP contribution in [0.3, 0.4) is 0 Å². The molecular weight excluding hydrogens is 440 g/mol. The molecule has 0 aromatic heterocycles. The molecule has 4 bridgehead atoms. The molecule has 3 aromatic carbocycles. The van der Waals surface area contributed by atoms with Gasteiger partial charge in [-0.3, -0.25) is 4.79 Å². The van der Waals surface area contributed by atoms with Crippen LogP contribution in [0.1, 0.15) is 45.4 Å². The molecule has 0 aliphatic heterocycles. The van der Waals surface area contributed by atoms with E-state index in [1.165, 1.54) is 21.1 Å². The second-order valence-electron chi connectivity index (χ2n) is 10.4. The standard InChI is InChI=1S/C30H31O3S/c1-22(31)32-29-17-23-16-24(18-29)20-30(19-23,21-29)33-25-12-14-28(15-13-25)34(26-8-4-2-5-9-26)27-10-6-3-7-11-27/h2-15,23-24H,16-21H2,1H3/q+1. The average molecular weight is 472 g/mol. The zero-order valence-corrected chi connectivity index (χ0v) is 20.4. The van der Waals surface area contributed by atoms with Gasteiger partial charge < -0.3 is 9.47 Å². The predicted octanol–water partition coefficient (Wildman–Crippen LogP) is 6.82.